The normalized spacial score (nSPS) is 10.3. The second-order valence-corrected chi connectivity index (χ2v) is 3.79. The van der Waals surface area contributed by atoms with Gasteiger partial charge in [-0.15, -0.1) is 11.8 Å². The first-order valence-corrected chi connectivity index (χ1v) is 5.28. The van der Waals surface area contributed by atoms with E-state index < -0.39 is 11.6 Å². The molecule has 0 N–H and O–H groups in total. The summed E-state index contributed by atoms with van der Waals surface area (Å²) in [5, 5.41) is 0. The standard InChI is InChI=1S/C10H10F2OS/c1-6(13)3-7-4-8(11)10(14-2)9(12)5-7/h4-5H,3H2,1-2H3. The summed E-state index contributed by atoms with van der Waals surface area (Å²) >= 11 is 1.01. The van der Waals surface area contributed by atoms with Gasteiger partial charge in [0.05, 0.1) is 4.90 Å². The number of hydrogen-bond acceptors (Lipinski definition) is 2. The lowest BCUT2D eigenvalue weighted by molar-refractivity contribution is -0.116. The van der Waals surface area contributed by atoms with Crippen molar-refractivity contribution in [2.45, 2.75) is 18.2 Å². The maximum absolute atomic E-state index is 13.2. The Kier molecular flexibility index (Phi) is 3.63. The Hall–Kier alpha value is -0.900. The highest BCUT2D eigenvalue weighted by Gasteiger charge is 2.10. The van der Waals surface area contributed by atoms with Crippen LogP contribution in [0.2, 0.25) is 0 Å². The Bertz CT molecular complexity index is 340. The van der Waals surface area contributed by atoms with Crippen LogP contribution >= 0.6 is 11.8 Å². The van der Waals surface area contributed by atoms with Gasteiger partial charge in [0.2, 0.25) is 0 Å². The van der Waals surface area contributed by atoms with Gasteiger partial charge in [-0.3, -0.25) is 4.79 Å². The molecule has 1 aromatic rings. The summed E-state index contributed by atoms with van der Waals surface area (Å²) in [4.78, 5) is 10.7. The van der Waals surface area contributed by atoms with E-state index in [1.165, 1.54) is 19.1 Å². The third-order valence-electron chi connectivity index (χ3n) is 1.72. The topological polar surface area (TPSA) is 17.1 Å². The number of rotatable bonds is 3. The second kappa shape index (κ2) is 4.55. The lowest BCUT2D eigenvalue weighted by Gasteiger charge is -2.04. The van der Waals surface area contributed by atoms with Crippen molar-refractivity contribution < 1.29 is 13.6 Å². The fraction of sp³-hybridized carbons (Fsp3) is 0.300. The predicted molar refractivity (Wildman–Crippen MR) is 52.5 cm³/mol. The van der Waals surface area contributed by atoms with Crippen LogP contribution in [0.5, 0.6) is 0 Å². The molecule has 76 valence electrons. The zero-order chi connectivity index (χ0) is 10.7. The molecule has 0 saturated heterocycles. The second-order valence-electron chi connectivity index (χ2n) is 2.97. The van der Waals surface area contributed by atoms with Crippen LogP contribution in [0.25, 0.3) is 0 Å². The average molecular weight is 216 g/mol. The number of Topliss-reactive ketones (excluding diaryl/α,β-unsaturated/α-hetero) is 1. The first kappa shape index (κ1) is 11.2. The van der Waals surface area contributed by atoms with E-state index in [1.54, 1.807) is 6.26 Å². The molecule has 0 bridgehead atoms. The van der Waals surface area contributed by atoms with Gasteiger partial charge in [0, 0.05) is 6.42 Å². The highest BCUT2D eigenvalue weighted by molar-refractivity contribution is 7.98. The lowest BCUT2D eigenvalue weighted by Crippen LogP contribution is -1.99. The maximum atomic E-state index is 13.2. The highest BCUT2D eigenvalue weighted by atomic mass is 32.2. The molecule has 1 rings (SSSR count). The molecule has 0 heterocycles. The van der Waals surface area contributed by atoms with Gasteiger partial charge < -0.3 is 0 Å². The smallest absolute Gasteiger partial charge is 0.140 e. The van der Waals surface area contributed by atoms with Gasteiger partial charge in [-0.25, -0.2) is 8.78 Å². The van der Waals surface area contributed by atoms with Crippen LogP contribution in [0.3, 0.4) is 0 Å². The third-order valence-corrected chi connectivity index (χ3v) is 2.51. The van der Waals surface area contributed by atoms with Crippen molar-refractivity contribution in [1.82, 2.24) is 0 Å². The Balaban J connectivity index is 3.07. The minimum absolute atomic E-state index is 0.00250. The van der Waals surface area contributed by atoms with Crippen molar-refractivity contribution >= 4 is 17.5 Å². The van der Waals surface area contributed by atoms with Crippen molar-refractivity contribution in [3.63, 3.8) is 0 Å². The first-order chi connectivity index (χ1) is 6.54. The Morgan fingerprint density at radius 1 is 1.36 bits per heavy atom. The summed E-state index contributed by atoms with van der Waals surface area (Å²) in [6.45, 7) is 1.39. The molecule has 0 atom stereocenters. The maximum Gasteiger partial charge on any atom is 0.140 e. The van der Waals surface area contributed by atoms with E-state index in [2.05, 4.69) is 0 Å². The summed E-state index contributed by atoms with van der Waals surface area (Å²) in [5.41, 5.74) is 0.380. The lowest BCUT2D eigenvalue weighted by atomic mass is 10.1. The Morgan fingerprint density at radius 3 is 2.21 bits per heavy atom. The summed E-state index contributed by atoms with van der Waals surface area (Å²) in [7, 11) is 0. The van der Waals surface area contributed by atoms with Gasteiger partial charge in [-0.2, -0.15) is 0 Å². The van der Waals surface area contributed by atoms with Crippen LogP contribution in [0.15, 0.2) is 17.0 Å². The fourth-order valence-electron chi connectivity index (χ4n) is 1.20. The number of halogens is 2. The first-order valence-electron chi connectivity index (χ1n) is 4.06. The molecule has 14 heavy (non-hydrogen) atoms. The van der Waals surface area contributed by atoms with E-state index in [0.29, 0.717) is 5.56 Å². The van der Waals surface area contributed by atoms with E-state index >= 15 is 0 Å². The minimum atomic E-state index is -0.603. The molecule has 0 aromatic heterocycles. The molecule has 1 nitrogen and oxygen atoms in total. The molecular formula is C10H10F2OS. The SMILES string of the molecule is CSc1c(F)cc(CC(C)=O)cc1F. The van der Waals surface area contributed by atoms with Crippen LogP contribution < -0.4 is 0 Å². The van der Waals surface area contributed by atoms with E-state index in [0.717, 1.165) is 11.8 Å². The summed E-state index contributed by atoms with van der Waals surface area (Å²) < 4.78 is 26.4. The van der Waals surface area contributed by atoms with E-state index in [1.807, 2.05) is 0 Å². The molecule has 0 aliphatic heterocycles. The Morgan fingerprint density at radius 2 is 1.86 bits per heavy atom. The van der Waals surface area contributed by atoms with Crippen LogP contribution in [0, 0.1) is 11.6 Å². The molecule has 4 heteroatoms. The number of benzene rings is 1. The van der Waals surface area contributed by atoms with Crippen molar-refractivity contribution in [3.05, 3.63) is 29.3 Å². The van der Waals surface area contributed by atoms with Gasteiger partial charge in [0.25, 0.3) is 0 Å². The molecule has 0 fully saturated rings. The van der Waals surface area contributed by atoms with Gasteiger partial charge in [-0.1, -0.05) is 0 Å². The number of thioether (sulfide) groups is 1. The van der Waals surface area contributed by atoms with Crippen molar-refractivity contribution in [1.29, 1.82) is 0 Å². The summed E-state index contributed by atoms with van der Waals surface area (Å²) in [6.07, 6.45) is 1.68. The minimum Gasteiger partial charge on any atom is -0.300 e. The van der Waals surface area contributed by atoms with Crippen molar-refractivity contribution in [2.24, 2.45) is 0 Å². The number of carbonyl (C=O) groups is 1. The van der Waals surface area contributed by atoms with E-state index in [-0.39, 0.29) is 17.1 Å². The summed E-state index contributed by atoms with van der Waals surface area (Å²) in [6, 6.07) is 2.41. The van der Waals surface area contributed by atoms with Crippen LogP contribution in [0.4, 0.5) is 8.78 Å². The van der Waals surface area contributed by atoms with Gasteiger partial charge >= 0.3 is 0 Å². The average Bonchev–Trinajstić information content (AvgIpc) is 2.01. The number of carbonyl (C=O) groups excluding carboxylic acids is 1. The fourth-order valence-corrected chi connectivity index (χ4v) is 1.70. The molecule has 0 radical (unpaired) electrons. The van der Waals surface area contributed by atoms with Gasteiger partial charge in [0.1, 0.15) is 17.4 Å². The van der Waals surface area contributed by atoms with E-state index in [4.69, 9.17) is 0 Å². The van der Waals surface area contributed by atoms with Crippen LogP contribution in [-0.4, -0.2) is 12.0 Å². The molecular weight excluding hydrogens is 206 g/mol. The molecule has 0 spiro atoms. The van der Waals surface area contributed by atoms with E-state index in [9.17, 15) is 13.6 Å². The quantitative estimate of drug-likeness (QED) is 0.723. The summed E-state index contributed by atoms with van der Waals surface area (Å²) in [5.74, 6) is -1.32. The highest BCUT2D eigenvalue weighted by Crippen LogP contribution is 2.24. The predicted octanol–water partition coefficient (Wildman–Crippen LogP) is 2.82. The zero-order valence-electron chi connectivity index (χ0n) is 7.93. The van der Waals surface area contributed by atoms with Gasteiger partial charge in [0.15, 0.2) is 0 Å². The number of hydrogen-bond donors (Lipinski definition) is 0. The molecule has 0 aliphatic carbocycles. The van der Waals surface area contributed by atoms with Crippen LogP contribution in [0.1, 0.15) is 12.5 Å². The molecule has 0 amide bonds. The number of ketones is 1. The third kappa shape index (κ3) is 2.54. The molecule has 0 saturated carbocycles. The van der Waals surface area contributed by atoms with Crippen molar-refractivity contribution in [3.8, 4) is 0 Å². The zero-order valence-corrected chi connectivity index (χ0v) is 8.75. The molecule has 0 aliphatic rings. The van der Waals surface area contributed by atoms with Crippen molar-refractivity contribution in [2.75, 3.05) is 6.26 Å². The Labute approximate surface area is 85.5 Å². The largest absolute Gasteiger partial charge is 0.300 e. The van der Waals surface area contributed by atoms with Gasteiger partial charge in [-0.05, 0) is 30.9 Å². The molecule has 0 unspecified atom stereocenters. The molecule has 1 aromatic carbocycles. The van der Waals surface area contributed by atoms with Crippen LogP contribution in [-0.2, 0) is 11.2 Å². The monoisotopic (exact) mass is 216 g/mol.